The van der Waals surface area contributed by atoms with Crippen LogP contribution in [0.2, 0.25) is 0 Å². The highest BCUT2D eigenvalue weighted by Gasteiger charge is 2.44. The van der Waals surface area contributed by atoms with Gasteiger partial charge < -0.3 is 23.7 Å². The molecule has 2 atom stereocenters. The fraction of sp³-hybridized carbons (Fsp3) is 0.375. The number of para-hydroxylation sites is 1. The molecular formula is C24H21F6N3O6. The Labute approximate surface area is 217 Å². The highest BCUT2D eigenvalue weighted by atomic mass is 19.4. The number of nitrogens with zero attached hydrogens (tertiary/aromatic N) is 3. The molecule has 1 aromatic heterocycles. The second-order valence-electron chi connectivity index (χ2n) is 8.08. The summed E-state index contributed by atoms with van der Waals surface area (Å²) in [6, 6.07) is 7.29. The van der Waals surface area contributed by atoms with Gasteiger partial charge in [-0.25, -0.2) is 0 Å². The van der Waals surface area contributed by atoms with Crippen molar-refractivity contribution in [3.05, 3.63) is 59.2 Å². The summed E-state index contributed by atoms with van der Waals surface area (Å²) in [5, 5.41) is 6.91. The van der Waals surface area contributed by atoms with Crippen molar-refractivity contribution in [2.45, 2.75) is 38.1 Å². The van der Waals surface area contributed by atoms with Crippen LogP contribution in [-0.2, 0) is 20.4 Å². The van der Waals surface area contributed by atoms with Crippen molar-refractivity contribution in [1.29, 1.82) is 0 Å². The van der Waals surface area contributed by atoms with E-state index in [0.29, 0.717) is 4.57 Å². The van der Waals surface area contributed by atoms with Crippen molar-refractivity contribution in [2.24, 2.45) is 0 Å². The average molecular weight is 561 g/mol. The molecule has 39 heavy (non-hydrogen) atoms. The number of methoxy groups -OCH3 is 2. The van der Waals surface area contributed by atoms with Crippen LogP contribution in [0.1, 0.15) is 48.3 Å². The van der Waals surface area contributed by atoms with Crippen LogP contribution in [0.25, 0.3) is 5.69 Å². The zero-order valence-corrected chi connectivity index (χ0v) is 20.6. The molecular weight excluding hydrogens is 540 g/mol. The molecule has 9 nitrogen and oxygen atoms in total. The highest BCUT2D eigenvalue weighted by Crippen LogP contribution is 2.48. The van der Waals surface area contributed by atoms with Crippen molar-refractivity contribution < 1.29 is 54.8 Å². The molecule has 2 heterocycles. The zero-order valence-electron chi connectivity index (χ0n) is 20.6. The maximum absolute atomic E-state index is 14.0. The van der Waals surface area contributed by atoms with E-state index >= 15 is 0 Å². The number of hydrogen-bond acceptors (Lipinski definition) is 8. The van der Waals surface area contributed by atoms with Gasteiger partial charge in [-0.3, -0.25) is 9.36 Å². The number of carbonyl (C=O) groups excluding carboxylic acids is 1. The number of esters is 1. The van der Waals surface area contributed by atoms with Gasteiger partial charge in [0.25, 0.3) is 0 Å². The van der Waals surface area contributed by atoms with E-state index in [4.69, 9.17) is 18.9 Å². The Hall–Kier alpha value is -4.01. The van der Waals surface area contributed by atoms with Crippen molar-refractivity contribution in [3.63, 3.8) is 0 Å². The van der Waals surface area contributed by atoms with Gasteiger partial charge in [0.2, 0.25) is 5.82 Å². The molecule has 0 aliphatic carbocycles. The van der Waals surface area contributed by atoms with Gasteiger partial charge in [0.15, 0.2) is 17.3 Å². The molecule has 4 rings (SSSR count). The number of hydrogen-bond donors (Lipinski definition) is 0. The Morgan fingerprint density at radius 2 is 1.77 bits per heavy atom. The van der Waals surface area contributed by atoms with Crippen molar-refractivity contribution in [2.75, 3.05) is 20.8 Å². The van der Waals surface area contributed by atoms with Gasteiger partial charge in [-0.1, -0.05) is 12.1 Å². The first-order chi connectivity index (χ1) is 18.4. The summed E-state index contributed by atoms with van der Waals surface area (Å²) in [6.45, 7) is 1.52. The number of ether oxygens (including phenoxy) is 5. The first kappa shape index (κ1) is 28.0. The average Bonchev–Trinajstić information content (AvgIpc) is 3.26. The van der Waals surface area contributed by atoms with Gasteiger partial charge in [-0.15, -0.1) is 23.4 Å². The number of fused-ring (bicyclic) bond motifs is 3. The monoisotopic (exact) mass is 561 g/mol. The molecule has 0 radical (unpaired) electrons. The predicted molar refractivity (Wildman–Crippen MR) is 120 cm³/mol. The van der Waals surface area contributed by atoms with Crippen LogP contribution < -0.4 is 14.2 Å². The number of rotatable bonds is 7. The Bertz CT molecular complexity index is 1360. The van der Waals surface area contributed by atoms with Crippen molar-refractivity contribution in [1.82, 2.24) is 14.8 Å². The van der Waals surface area contributed by atoms with E-state index in [2.05, 4.69) is 14.9 Å². The molecule has 0 bridgehead atoms. The summed E-state index contributed by atoms with van der Waals surface area (Å²) in [7, 11) is 2.65. The second-order valence-corrected chi connectivity index (χ2v) is 8.08. The number of carbonyl (C=O) groups is 1. The fourth-order valence-electron chi connectivity index (χ4n) is 4.24. The third kappa shape index (κ3) is 5.72. The summed E-state index contributed by atoms with van der Waals surface area (Å²) in [5.74, 6) is -3.10. The molecule has 0 N–H and O–H groups in total. The van der Waals surface area contributed by atoms with Crippen LogP contribution in [0.3, 0.4) is 0 Å². The molecule has 3 aromatic rings. The SMILES string of the molecule is CCOC(=O)CC1OC(c2cccc(OC)c2OC)c2cc(OC(F)(F)F)ccc2-n2c1nnc2C(F)(F)F. The number of aromatic nitrogens is 3. The van der Waals surface area contributed by atoms with E-state index in [9.17, 15) is 31.1 Å². The zero-order chi connectivity index (χ0) is 28.5. The van der Waals surface area contributed by atoms with Crippen molar-refractivity contribution in [3.8, 4) is 22.9 Å². The van der Waals surface area contributed by atoms with Crippen LogP contribution in [-0.4, -0.2) is 47.9 Å². The van der Waals surface area contributed by atoms with Crippen molar-refractivity contribution >= 4 is 5.97 Å². The third-order valence-electron chi connectivity index (χ3n) is 5.66. The van der Waals surface area contributed by atoms with E-state index in [1.165, 1.54) is 39.3 Å². The minimum absolute atomic E-state index is 0.0163. The third-order valence-corrected chi connectivity index (χ3v) is 5.66. The number of halogens is 6. The number of alkyl halides is 6. The lowest BCUT2D eigenvalue weighted by atomic mass is 9.97. The van der Waals surface area contributed by atoms with Gasteiger partial charge in [0.1, 0.15) is 18.0 Å². The Balaban J connectivity index is 2.02. The summed E-state index contributed by atoms with van der Waals surface area (Å²) in [6.07, 6.45) is -13.5. The van der Waals surface area contributed by atoms with E-state index in [1.807, 2.05) is 0 Å². The van der Waals surface area contributed by atoms with E-state index in [1.54, 1.807) is 0 Å². The van der Waals surface area contributed by atoms with Gasteiger partial charge in [0.05, 0.1) is 32.9 Å². The Kier molecular flexibility index (Phi) is 7.63. The highest BCUT2D eigenvalue weighted by molar-refractivity contribution is 5.70. The van der Waals surface area contributed by atoms with E-state index in [0.717, 1.165) is 18.2 Å². The van der Waals surface area contributed by atoms with E-state index < -0.39 is 54.5 Å². The molecule has 0 spiro atoms. The summed E-state index contributed by atoms with van der Waals surface area (Å²) in [4.78, 5) is 12.4. The van der Waals surface area contributed by atoms with Gasteiger partial charge in [-0.05, 0) is 31.2 Å². The lowest BCUT2D eigenvalue weighted by Crippen LogP contribution is -2.18. The largest absolute Gasteiger partial charge is 0.573 e. The maximum Gasteiger partial charge on any atom is 0.573 e. The Morgan fingerprint density at radius 3 is 2.38 bits per heavy atom. The molecule has 1 aliphatic rings. The Morgan fingerprint density at radius 1 is 1.03 bits per heavy atom. The predicted octanol–water partition coefficient (Wildman–Crippen LogP) is 5.32. The lowest BCUT2D eigenvalue weighted by molar-refractivity contribution is -0.274. The summed E-state index contributed by atoms with van der Waals surface area (Å²) in [5.41, 5.74) is -0.248. The molecule has 0 saturated carbocycles. The maximum atomic E-state index is 14.0. The molecule has 15 heteroatoms. The molecule has 1 aliphatic heterocycles. The first-order valence-electron chi connectivity index (χ1n) is 11.3. The quantitative estimate of drug-likeness (QED) is 0.283. The van der Waals surface area contributed by atoms with Gasteiger partial charge >= 0.3 is 18.5 Å². The second kappa shape index (κ2) is 10.6. The van der Waals surface area contributed by atoms with Crippen LogP contribution in [0.4, 0.5) is 26.3 Å². The van der Waals surface area contributed by atoms with Crippen LogP contribution in [0.15, 0.2) is 36.4 Å². The van der Waals surface area contributed by atoms with Crippen LogP contribution in [0, 0.1) is 0 Å². The molecule has 2 unspecified atom stereocenters. The first-order valence-corrected chi connectivity index (χ1v) is 11.3. The van der Waals surface area contributed by atoms with Crippen LogP contribution in [0.5, 0.6) is 17.2 Å². The van der Waals surface area contributed by atoms with Crippen LogP contribution >= 0.6 is 0 Å². The topological polar surface area (TPSA) is 93.9 Å². The van der Waals surface area contributed by atoms with E-state index in [-0.39, 0.29) is 34.9 Å². The summed E-state index contributed by atoms with van der Waals surface area (Å²) >= 11 is 0. The molecule has 0 saturated heterocycles. The minimum Gasteiger partial charge on any atom is -0.493 e. The lowest BCUT2D eigenvalue weighted by Gasteiger charge is -2.25. The summed E-state index contributed by atoms with van der Waals surface area (Å²) < 4.78 is 108. The van der Waals surface area contributed by atoms with Gasteiger partial charge in [0, 0.05) is 11.1 Å². The number of benzene rings is 2. The minimum atomic E-state index is -5.09. The normalized spacial score (nSPS) is 17.1. The molecule has 210 valence electrons. The fourth-order valence-corrected chi connectivity index (χ4v) is 4.24. The molecule has 0 amide bonds. The standard InChI is InChI=1S/C24H21F6N3O6/c1-4-37-18(34)11-17-21-31-32-22(23(25,26)27)33(21)15-9-8-12(39-24(28,29)30)10-14(15)19(38-17)13-6-5-7-16(35-2)20(13)36-3/h5-10,17,19H,4,11H2,1-3H3. The van der Waals surface area contributed by atoms with Gasteiger partial charge in [-0.2, -0.15) is 13.2 Å². The smallest absolute Gasteiger partial charge is 0.493 e. The molecule has 0 fully saturated rings. The molecule has 2 aromatic carbocycles.